The summed E-state index contributed by atoms with van der Waals surface area (Å²) in [6, 6.07) is 13.0. The Balaban J connectivity index is 2.06. The van der Waals surface area contributed by atoms with Crippen LogP contribution in [0.1, 0.15) is 36.4 Å². The number of hydrogen-bond donors (Lipinski definition) is 1. The molecule has 0 bridgehead atoms. The fraction of sp³-hybridized carbons (Fsp3) is 0.286. The Hall–Kier alpha value is -2.44. The van der Waals surface area contributed by atoms with Crippen molar-refractivity contribution < 1.29 is 17.9 Å². The Morgan fingerprint density at radius 1 is 1.07 bits per heavy atom. The first-order chi connectivity index (χ1) is 12.9. The average Bonchev–Trinajstić information content (AvgIpc) is 2.67. The van der Waals surface area contributed by atoms with Crippen LogP contribution in [-0.4, -0.2) is 21.3 Å². The van der Waals surface area contributed by atoms with E-state index in [1.807, 2.05) is 19.1 Å². The molecule has 0 aromatic heterocycles. The molecule has 0 spiro atoms. The summed E-state index contributed by atoms with van der Waals surface area (Å²) in [5.74, 6) is 0.497. The number of sulfonamides is 1. The van der Waals surface area contributed by atoms with Gasteiger partial charge in [-0.3, -0.25) is 4.79 Å². The molecular weight excluding hydrogens is 362 g/mol. The van der Waals surface area contributed by atoms with Gasteiger partial charge >= 0.3 is 0 Å². The van der Waals surface area contributed by atoms with Crippen LogP contribution >= 0.6 is 0 Å². The van der Waals surface area contributed by atoms with Gasteiger partial charge in [0.15, 0.2) is 5.78 Å². The van der Waals surface area contributed by atoms with Crippen LogP contribution < -0.4 is 9.46 Å². The first-order valence-corrected chi connectivity index (χ1v) is 10.4. The molecule has 142 valence electrons. The minimum Gasteiger partial charge on any atom is -0.496 e. The third-order valence-corrected chi connectivity index (χ3v) is 6.10. The lowest BCUT2D eigenvalue weighted by molar-refractivity contribution is -0.116. The lowest BCUT2D eigenvalue weighted by Gasteiger charge is -2.25. The van der Waals surface area contributed by atoms with E-state index in [0.717, 1.165) is 18.4 Å². The molecule has 3 rings (SSSR count). The molecule has 6 heteroatoms. The van der Waals surface area contributed by atoms with Crippen LogP contribution in [0.25, 0.3) is 0 Å². The summed E-state index contributed by atoms with van der Waals surface area (Å²) in [7, 11) is -2.29. The molecule has 0 fully saturated rings. The van der Waals surface area contributed by atoms with Crippen molar-refractivity contribution in [3.63, 3.8) is 0 Å². The van der Waals surface area contributed by atoms with E-state index in [4.69, 9.17) is 4.74 Å². The van der Waals surface area contributed by atoms with Crippen molar-refractivity contribution >= 4 is 15.8 Å². The Kier molecular flexibility index (Phi) is 5.77. The number of nitrogens with one attached hydrogen (secondary N) is 1. The molecule has 27 heavy (non-hydrogen) atoms. The maximum atomic E-state index is 13.0. The lowest BCUT2D eigenvalue weighted by Crippen LogP contribution is -2.33. The molecule has 1 aliphatic carbocycles. The van der Waals surface area contributed by atoms with Gasteiger partial charge in [-0.2, -0.15) is 4.72 Å². The molecule has 2 aromatic carbocycles. The third kappa shape index (κ3) is 4.28. The van der Waals surface area contributed by atoms with Gasteiger partial charge in [0, 0.05) is 17.6 Å². The molecule has 1 atom stereocenters. The standard InChI is InChI=1S/C21H23NO4S/c1-15-11-13-16(14-12-15)27(24,25)22-21(17-7-3-5-9-19(17)23)18-8-4-6-10-20(18)26-2/h4,6-8,10-14,21-22H,3,5,9H2,1-2H3. The highest BCUT2D eigenvalue weighted by Crippen LogP contribution is 2.34. The number of methoxy groups -OCH3 is 1. The number of benzene rings is 2. The second-order valence-electron chi connectivity index (χ2n) is 6.58. The van der Waals surface area contributed by atoms with Gasteiger partial charge in [-0.25, -0.2) is 8.42 Å². The van der Waals surface area contributed by atoms with E-state index < -0.39 is 16.1 Å². The first-order valence-electron chi connectivity index (χ1n) is 8.87. The Bertz CT molecular complexity index is 962. The Labute approximate surface area is 160 Å². The summed E-state index contributed by atoms with van der Waals surface area (Å²) in [6.07, 6.45) is 3.79. The van der Waals surface area contributed by atoms with E-state index in [1.54, 1.807) is 42.5 Å². The van der Waals surface area contributed by atoms with Crippen LogP contribution in [0.2, 0.25) is 0 Å². The molecule has 1 N–H and O–H groups in total. The van der Waals surface area contributed by atoms with Crippen molar-refractivity contribution in [2.24, 2.45) is 0 Å². The maximum Gasteiger partial charge on any atom is 0.241 e. The molecule has 0 heterocycles. The van der Waals surface area contributed by atoms with E-state index in [9.17, 15) is 13.2 Å². The summed E-state index contributed by atoms with van der Waals surface area (Å²) < 4.78 is 34.1. The zero-order valence-electron chi connectivity index (χ0n) is 15.4. The molecule has 0 radical (unpaired) electrons. The molecule has 5 nitrogen and oxygen atoms in total. The lowest BCUT2D eigenvalue weighted by atomic mass is 9.89. The van der Waals surface area contributed by atoms with E-state index >= 15 is 0 Å². The van der Waals surface area contributed by atoms with Gasteiger partial charge in [0.25, 0.3) is 0 Å². The van der Waals surface area contributed by atoms with Gasteiger partial charge in [0.2, 0.25) is 10.0 Å². The number of aryl methyl sites for hydroxylation is 1. The number of ether oxygens (including phenoxy) is 1. The van der Waals surface area contributed by atoms with Crippen molar-refractivity contribution in [3.05, 3.63) is 71.3 Å². The zero-order chi connectivity index (χ0) is 19.4. The SMILES string of the molecule is COc1ccccc1C(NS(=O)(=O)c1ccc(C)cc1)C1=CCCCC1=O. The van der Waals surface area contributed by atoms with Crippen LogP contribution in [0.4, 0.5) is 0 Å². The number of Topliss-reactive ketones (excluding diaryl/α,β-unsaturated/α-hetero) is 1. The van der Waals surface area contributed by atoms with Gasteiger partial charge in [-0.1, -0.05) is 42.0 Å². The molecule has 0 saturated heterocycles. The second kappa shape index (κ2) is 8.06. The fourth-order valence-corrected chi connectivity index (χ4v) is 4.39. The number of carbonyl (C=O) groups is 1. The Morgan fingerprint density at radius 2 is 1.78 bits per heavy atom. The smallest absolute Gasteiger partial charge is 0.241 e. The number of rotatable bonds is 6. The summed E-state index contributed by atoms with van der Waals surface area (Å²) in [5.41, 5.74) is 2.07. The average molecular weight is 385 g/mol. The first kappa shape index (κ1) is 19.3. The summed E-state index contributed by atoms with van der Waals surface area (Å²) in [4.78, 5) is 12.7. The minimum absolute atomic E-state index is 0.0382. The fourth-order valence-electron chi connectivity index (χ4n) is 3.20. The minimum atomic E-state index is -3.82. The number of hydrogen-bond acceptors (Lipinski definition) is 4. The summed E-state index contributed by atoms with van der Waals surface area (Å²) in [6.45, 7) is 1.90. The molecule has 0 amide bonds. The molecule has 1 aliphatic rings. The highest BCUT2D eigenvalue weighted by Gasteiger charge is 2.30. The summed E-state index contributed by atoms with van der Waals surface area (Å²) >= 11 is 0. The Morgan fingerprint density at radius 3 is 2.44 bits per heavy atom. The largest absolute Gasteiger partial charge is 0.496 e. The van der Waals surface area contributed by atoms with Gasteiger partial charge in [-0.15, -0.1) is 0 Å². The van der Waals surface area contributed by atoms with Crippen LogP contribution in [-0.2, 0) is 14.8 Å². The van der Waals surface area contributed by atoms with Crippen molar-refractivity contribution in [3.8, 4) is 5.75 Å². The number of carbonyl (C=O) groups excluding carboxylic acids is 1. The van der Waals surface area contributed by atoms with Crippen LogP contribution in [0, 0.1) is 6.92 Å². The quantitative estimate of drug-likeness (QED) is 0.823. The third-order valence-electron chi connectivity index (χ3n) is 4.66. The summed E-state index contributed by atoms with van der Waals surface area (Å²) in [5, 5.41) is 0. The maximum absolute atomic E-state index is 13.0. The van der Waals surface area contributed by atoms with E-state index in [-0.39, 0.29) is 10.7 Å². The van der Waals surface area contributed by atoms with Gasteiger partial charge in [0.1, 0.15) is 5.75 Å². The monoisotopic (exact) mass is 385 g/mol. The highest BCUT2D eigenvalue weighted by atomic mass is 32.2. The van der Waals surface area contributed by atoms with E-state index in [0.29, 0.717) is 23.3 Å². The topological polar surface area (TPSA) is 72.5 Å². The predicted molar refractivity (Wildman–Crippen MR) is 104 cm³/mol. The highest BCUT2D eigenvalue weighted by molar-refractivity contribution is 7.89. The van der Waals surface area contributed by atoms with Crippen LogP contribution in [0.15, 0.2) is 65.1 Å². The second-order valence-corrected chi connectivity index (χ2v) is 8.30. The van der Waals surface area contributed by atoms with Crippen molar-refractivity contribution in [2.75, 3.05) is 7.11 Å². The van der Waals surface area contributed by atoms with Crippen molar-refractivity contribution in [1.29, 1.82) is 0 Å². The van der Waals surface area contributed by atoms with Gasteiger partial charge < -0.3 is 4.74 Å². The van der Waals surface area contributed by atoms with Crippen molar-refractivity contribution in [2.45, 2.75) is 37.1 Å². The molecule has 2 aromatic rings. The van der Waals surface area contributed by atoms with Crippen molar-refractivity contribution in [1.82, 2.24) is 4.72 Å². The van der Waals surface area contributed by atoms with E-state index in [2.05, 4.69) is 4.72 Å². The number of para-hydroxylation sites is 1. The molecular formula is C21H23NO4S. The zero-order valence-corrected chi connectivity index (χ0v) is 16.3. The van der Waals surface area contributed by atoms with Gasteiger partial charge in [0.05, 0.1) is 18.0 Å². The number of allylic oxidation sites excluding steroid dienone is 1. The molecule has 1 unspecified atom stereocenters. The van der Waals surface area contributed by atoms with Crippen LogP contribution in [0.5, 0.6) is 5.75 Å². The number of ketones is 1. The van der Waals surface area contributed by atoms with E-state index in [1.165, 1.54) is 7.11 Å². The normalized spacial score (nSPS) is 15.9. The predicted octanol–water partition coefficient (Wildman–Crippen LogP) is 3.70. The van der Waals surface area contributed by atoms with Crippen LogP contribution in [0.3, 0.4) is 0 Å². The molecule has 0 aliphatic heterocycles. The van der Waals surface area contributed by atoms with Gasteiger partial charge in [-0.05, 0) is 38.0 Å². The molecule has 0 saturated carbocycles.